The number of benzene rings is 6. The van der Waals surface area contributed by atoms with E-state index in [9.17, 15) is 57.0 Å². The van der Waals surface area contributed by atoms with Crippen molar-refractivity contribution in [2.75, 3.05) is 0 Å². The van der Waals surface area contributed by atoms with Crippen molar-refractivity contribution < 1.29 is 57.0 Å². The van der Waals surface area contributed by atoms with E-state index >= 15 is 0 Å². The van der Waals surface area contributed by atoms with Crippen molar-refractivity contribution in [2.45, 2.75) is 65.7 Å². The second-order valence-electron chi connectivity index (χ2n) is 14.6. The SMILES string of the molecule is Cc1cc2c(C(C)C)c(O)c(O)c(/C=N/c3ccccc3C(F)(F)F)c2c(O)c1-c1c(C)cc2c(C(C)C)c(O)c(O)c(/C=N/c3ccccc3C(F)(F)F)c2c1O. The Morgan fingerprint density at radius 1 is 0.500 bits per heavy atom. The lowest BCUT2D eigenvalue weighted by Crippen LogP contribution is -2.05. The number of phenols is 6. The summed E-state index contributed by atoms with van der Waals surface area (Å²) < 4.78 is 83.3. The van der Waals surface area contributed by atoms with Crippen LogP contribution in [-0.4, -0.2) is 43.1 Å². The maximum atomic E-state index is 13.9. The molecule has 6 aromatic carbocycles. The molecule has 302 valence electrons. The van der Waals surface area contributed by atoms with Crippen molar-refractivity contribution in [3.8, 4) is 45.6 Å². The van der Waals surface area contributed by atoms with E-state index in [-0.39, 0.29) is 54.9 Å². The molecule has 58 heavy (non-hydrogen) atoms. The molecule has 8 nitrogen and oxygen atoms in total. The number of aromatic hydroxyl groups is 6. The molecule has 0 aromatic heterocycles. The van der Waals surface area contributed by atoms with Gasteiger partial charge in [0.2, 0.25) is 0 Å². The van der Waals surface area contributed by atoms with Gasteiger partial charge in [0.05, 0.1) is 33.6 Å². The average Bonchev–Trinajstić information content (AvgIpc) is 3.13. The van der Waals surface area contributed by atoms with E-state index in [4.69, 9.17) is 0 Å². The Kier molecular flexibility index (Phi) is 10.5. The quantitative estimate of drug-likeness (QED) is 0.0538. The summed E-state index contributed by atoms with van der Waals surface area (Å²) in [6.07, 6.45) is -7.79. The Morgan fingerprint density at radius 2 is 0.828 bits per heavy atom. The first kappa shape index (κ1) is 41.2. The molecular formula is C44H38F6N2O6. The Bertz CT molecular complexity index is 2510. The first-order valence-electron chi connectivity index (χ1n) is 18.0. The van der Waals surface area contributed by atoms with Crippen molar-refractivity contribution in [1.82, 2.24) is 0 Å². The minimum atomic E-state index is -4.79. The highest BCUT2D eigenvalue weighted by Crippen LogP contribution is 2.54. The highest BCUT2D eigenvalue weighted by Gasteiger charge is 2.35. The molecule has 6 aromatic rings. The highest BCUT2D eigenvalue weighted by atomic mass is 19.4. The third kappa shape index (κ3) is 6.96. The average molecular weight is 805 g/mol. The van der Waals surface area contributed by atoms with E-state index in [1.165, 1.54) is 24.3 Å². The number of fused-ring (bicyclic) bond motifs is 2. The largest absolute Gasteiger partial charge is 0.507 e. The van der Waals surface area contributed by atoms with Gasteiger partial charge in [0.1, 0.15) is 11.5 Å². The molecule has 0 spiro atoms. The summed E-state index contributed by atoms with van der Waals surface area (Å²) in [6.45, 7) is 10.0. The molecule has 0 unspecified atom stereocenters. The van der Waals surface area contributed by atoms with Crippen molar-refractivity contribution >= 4 is 45.3 Å². The van der Waals surface area contributed by atoms with E-state index in [1.54, 1.807) is 53.7 Å². The van der Waals surface area contributed by atoms with Gasteiger partial charge in [0.15, 0.2) is 23.0 Å². The Morgan fingerprint density at radius 3 is 1.14 bits per heavy atom. The zero-order chi connectivity index (χ0) is 42.8. The molecule has 6 rings (SSSR count). The third-order valence-corrected chi connectivity index (χ3v) is 10.1. The van der Waals surface area contributed by atoms with E-state index in [0.717, 1.165) is 36.7 Å². The molecule has 0 fully saturated rings. The van der Waals surface area contributed by atoms with Crippen LogP contribution in [0.3, 0.4) is 0 Å². The number of rotatable bonds is 7. The van der Waals surface area contributed by atoms with Gasteiger partial charge in [-0.2, -0.15) is 26.3 Å². The van der Waals surface area contributed by atoms with Crippen LogP contribution in [0.5, 0.6) is 34.5 Å². The first-order valence-corrected chi connectivity index (χ1v) is 18.0. The van der Waals surface area contributed by atoms with E-state index < -0.39 is 81.2 Å². The van der Waals surface area contributed by atoms with Crippen LogP contribution in [0.15, 0.2) is 70.6 Å². The fraction of sp³-hybridized carbons (Fsp3) is 0.227. The lowest BCUT2D eigenvalue weighted by atomic mass is 9.83. The number of hydrogen-bond acceptors (Lipinski definition) is 8. The number of aryl methyl sites for hydroxylation is 2. The normalized spacial score (nSPS) is 12.7. The van der Waals surface area contributed by atoms with Gasteiger partial charge in [-0.3, -0.25) is 9.98 Å². The van der Waals surface area contributed by atoms with Gasteiger partial charge in [-0.1, -0.05) is 64.1 Å². The number of alkyl halides is 6. The summed E-state index contributed by atoms with van der Waals surface area (Å²) >= 11 is 0. The van der Waals surface area contributed by atoms with Gasteiger partial charge < -0.3 is 30.6 Å². The zero-order valence-electron chi connectivity index (χ0n) is 31.9. The van der Waals surface area contributed by atoms with Crippen LogP contribution in [0.4, 0.5) is 37.7 Å². The van der Waals surface area contributed by atoms with Crippen LogP contribution >= 0.6 is 0 Å². The highest BCUT2D eigenvalue weighted by molar-refractivity contribution is 6.15. The summed E-state index contributed by atoms with van der Waals surface area (Å²) in [4.78, 5) is 8.04. The zero-order valence-corrected chi connectivity index (χ0v) is 31.9. The van der Waals surface area contributed by atoms with Crippen molar-refractivity contribution in [3.05, 3.63) is 105 Å². The maximum absolute atomic E-state index is 13.9. The van der Waals surface area contributed by atoms with Gasteiger partial charge in [-0.25, -0.2) is 0 Å². The number of halogens is 6. The molecule has 0 saturated heterocycles. The molecular weight excluding hydrogens is 766 g/mol. The number of nitrogens with zero attached hydrogens (tertiary/aromatic N) is 2. The van der Waals surface area contributed by atoms with Crippen LogP contribution < -0.4 is 0 Å². The smallest absolute Gasteiger partial charge is 0.418 e. The van der Waals surface area contributed by atoms with E-state index in [2.05, 4.69) is 9.98 Å². The number of para-hydroxylation sites is 2. The van der Waals surface area contributed by atoms with Crippen LogP contribution in [0.2, 0.25) is 0 Å². The van der Waals surface area contributed by atoms with Crippen LogP contribution in [-0.2, 0) is 12.4 Å². The standard InChI is InChI=1S/C44H38F6N2O6/c1-19(2)31-23-15-21(5)33(39(55)35(23)25(37(53)41(31)57)17-51-29-13-9-7-11-27(29)43(45,46)47)34-22(6)16-24-32(20(3)4)42(58)38(54)26(36(24)40(34)56)18-52-30-14-10-8-12-28(30)44(48,49)50/h7-20,53-58H,1-6H3/b51-17+,52-18+. The van der Waals surface area contributed by atoms with Crippen molar-refractivity contribution in [2.24, 2.45) is 9.98 Å². The lowest BCUT2D eigenvalue weighted by molar-refractivity contribution is -0.137. The molecule has 0 aliphatic carbocycles. The number of phenolic OH excluding ortho intramolecular Hbond substituents is 6. The molecule has 0 aliphatic heterocycles. The molecule has 14 heteroatoms. The van der Waals surface area contributed by atoms with Gasteiger partial charge in [0.25, 0.3) is 0 Å². The number of aliphatic imine (C=N–C) groups is 2. The summed E-state index contributed by atoms with van der Waals surface area (Å²) in [5.74, 6) is -4.80. The summed E-state index contributed by atoms with van der Waals surface area (Å²) in [7, 11) is 0. The fourth-order valence-electron chi connectivity index (χ4n) is 7.54. The summed E-state index contributed by atoms with van der Waals surface area (Å²) in [5, 5.41) is 69.9. The second kappa shape index (κ2) is 14.8. The Labute approximate surface area is 328 Å². The van der Waals surface area contributed by atoms with E-state index in [1.807, 2.05) is 0 Å². The second-order valence-corrected chi connectivity index (χ2v) is 14.6. The Balaban J connectivity index is 1.72. The third-order valence-electron chi connectivity index (χ3n) is 10.1. The molecule has 6 N–H and O–H groups in total. The minimum Gasteiger partial charge on any atom is -0.507 e. The van der Waals surface area contributed by atoms with Crippen molar-refractivity contribution in [3.63, 3.8) is 0 Å². The van der Waals surface area contributed by atoms with E-state index in [0.29, 0.717) is 11.1 Å². The molecule has 0 heterocycles. The predicted molar refractivity (Wildman–Crippen MR) is 212 cm³/mol. The molecule has 0 aliphatic rings. The first-order chi connectivity index (χ1) is 27.1. The summed E-state index contributed by atoms with van der Waals surface area (Å²) in [6, 6.07) is 12.0. The lowest BCUT2D eigenvalue weighted by Gasteiger charge is -2.23. The van der Waals surface area contributed by atoms with Gasteiger partial charge in [-0.15, -0.1) is 0 Å². The number of hydrogen-bond donors (Lipinski definition) is 6. The van der Waals surface area contributed by atoms with Gasteiger partial charge in [0, 0.05) is 45.5 Å². The molecule has 0 amide bonds. The monoisotopic (exact) mass is 804 g/mol. The van der Waals surface area contributed by atoms with Gasteiger partial charge in [-0.05, 0) is 71.8 Å². The molecule has 0 bridgehead atoms. The minimum absolute atomic E-state index is 0.0292. The summed E-state index contributed by atoms with van der Waals surface area (Å²) in [5.41, 5.74) is -2.88. The van der Waals surface area contributed by atoms with Gasteiger partial charge >= 0.3 is 12.4 Å². The van der Waals surface area contributed by atoms with Crippen LogP contribution in [0.1, 0.15) is 84.0 Å². The maximum Gasteiger partial charge on any atom is 0.418 e. The molecule has 0 atom stereocenters. The van der Waals surface area contributed by atoms with Crippen LogP contribution in [0.25, 0.3) is 32.7 Å². The molecule has 0 saturated carbocycles. The topological polar surface area (TPSA) is 146 Å². The predicted octanol–water partition coefficient (Wildman–Crippen LogP) is 12.3. The van der Waals surface area contributed by atoms with Crippen molar-refractivity contribution in [1.29, 1.82) is 0 Å². The molecule has 0 radical (unpaired) electrons. The van der Waals surface area contributed by atoms with Crippen LogP contribution in [0, 0.1) is 13.8 Å². The fourth-order valence-corrected chi connectivity index (χ4v) is 7.54. The Hall–Kier alpha value is -6.44.